The third-order valence-electron chi connectivity index (χ3n) is 2.10. The van der Waals surface area contributed by atoms with Gasteiger partial charge < -0.3 is 10.1 Å². The Morgan fingerprint density at radius 1 is 1.50 bits per heavy atom. The first kappa shape index (κ1) is 12.1. The van der Waals surface area contributed by atoms with Crippen molar-refractivity contribution in [3.8, 4) is 0 Å². The van der Waals surface area contributed by atoms with Crippen LogP contribution in [0.4, 0.5) is 5.82 Å². The first-order valence-corrected chi connectivity index (χ1v) is 5.53. The van der Waals surface area contributed by atoms with E-state index in [-0.39, 0.29) is 0 Å². The molecule has 1 aromatic heterocycles. The molecule has 18 heavy (non-hydrogen) atoms. The zero-order valence-electron chi connectivity index (χ0n) is 9.46. The lowest BCUT2D eigenvalue weighted by atomic mass is 10.2. The highest BCUT2D eigenvalue weighted by Crippen LogP contribution is 2.17. The molecule has 2 rings (SSSR count). The predicted molar refractivity (Wildman–Crippen MR) is 75.9 cm³/mol. The van der Waals surface area contributed by atoms with Crippen LogP contribution in [0.5, 0.6) is 0 Å². The zero-order chi connectivity index (χ0) is 13.0. The molecule has 0 saturated heterocycles. The summed E-state index contributed by atoms with van der Waals surface area (Å²) in [5.41, 5.74) is 2.15. The molecule has 6 heteroatoms. The Morgan fingerprint density at radius 3 is 3.06 bits per heavy atom. The topological polar surface area (TPSA) is 58.9 Å². The van der Waals surface area contributed by atoms with E-state index >= 15 is 0 Å². The standard InChI is InChI=1S/C12H10N4OS/c1-3-13-11-8(2)17-12(16-11)9-4-5-14-10(6-9)15-7-18/h3-7H,1-2H2,(H,14,15,18). The number of hydrogen-bond donors (Lipinski definition) is 1. The van der Waals surface area contributed by atoms with Gasteiger partial charge in [-0.3, -0.25) is 0 Å². The Morgan fingerprint density at radius 2 is 2.33 bits per heavy atom. The number of rotatable bonds is 4. The summed E-state index contributed by atoms with van der Waals surface area (Å²) in [6.45, 7) is 7.22. The molecule has 90 valence electrons. The van der Waals surface area contributed by atoms with E-state index in [1.807, 2.05) is 0 Å². The van der Waals surface area contributed by atoms with Gasteiger partial charge in [-0.1, -0.05) is 25.4 Å². The Hall–Kier alpha value is -2.34. The van der Waals surface area contributed by atoms with Gasteiger partial charge >= 0.3 is 0 Å². The van der Waals surface area contributed by atoms with Crippen molar-refractivity contribution in [1.82, 2.24) is 4.98 Å². The fourth-order valence-corrected chi connectivity index (χ4v) is 1.48. The minimum absolute atomic E-state index is 0.394. The van der Waals surface area contributed by atoms with Crippen molar-refractivity contribution in [3.63, 3.8) is 0 Å². The van der Waals surface area contributed by atoms with Crippen LogP contribution in [0.1, 0.15) is 5.56 Å². The lowest BCUT2D eigenvalue weighted by Gasteiger charge is -2.03. The minimum Gasteiger partial charge on any atom is -0.435 e. The molecular formula is C12H10N4OS. The van der Waals surface area contributed by atoms with Crippen molar-refractivity contribution in [1.29, 1.82) is 0 Å². The van der Waals surface area contributed by atoms with E-state index in [1.165, 1.54) is 11.7 Å². The lowest BCUT2D eigenvalue weighted by molar-refractivity contribution is 0.463. The van der Waals surface area contributed by atoms with E-state index < -0.39 is 0 Å². The molecule has 0 fully saturated rings. The second kappa shape index (κ2) is 5.33. The van der Waals surface area contributed by atoms with Crippen LogP contribution in [0.15, 0.2) is 53.4 Å². The van der Waals surface area contributed by atoms with Crippen LogP contribution in [0.25, 0.3) is 0 Å². The van der Waals surface area contributed by atoms with Gasteiger partial charge in [-0.25, -0.2) is 9.98 Å². The summed E-state index contributed by atoms with van der Waals surface area (Å²) in [6, 6.07) is 3.54. The van der Waals surface area contributed by atoms with Gasteiger partial charge in [-0.15, -0.1) is 0 Å². The fourth-order valence-electron chi connectivity index (χ4n) is 1.36. The number of thiocarbonyl (C=S) groups is 1. The Balaban J connectivity index is 2.33. The van der Waals surface area contributed by atoms with E-state index in [9.17, 15) is 0 Å². The summed E-state index contributed by atoms with van der Waals surface area (Å²) in [5.74, 6) is 1.86. The molecule has 1 N–H and O–H groups in total. The summed E-state index contributed by atoms with van der Waals surface area (Å²) in [4.78, 5) is 12.3. The van der Waals surface area contributed by atoms with E-state index in [1.54, 1.807) is 18.3 Å². The molecule has 0 atom stereocenters. The van der Waals surface area contributed by atoms with Crippen LogP contribution in [0.2, 0.25) is 0 Å². The first-order valence-electron chi connectivity index (χ1n) is 5.05. The largest absolute Gasteiger partial charge is 0.435 e. The van der Waals surface area contributed by atoms with Crippen molar-refractivity contribution < 1.29 is 4.74 Å². The average Bonchev–Trinajstić information content (AvgIpc) is 2.73. The summed E-state index contributed by atoms with van der Waals surface area (Å²) in [7, 11) is 0. The van der Waals surface area contributed by atoms with Crippen LogP contribution in [-0.2, 0) is 4.74 Å². The van der Waals surface area contributed by atoms with Crippen LogP contribution in [-0.4, -0.2) is 22.2 Å². The molecule has 0 amide bonds. The third-order valence-corrected chi connectivity index (χ3v) is 2.22. The van der Waals surface area contributed by atoms with Gasteiger partial charge in [0, 0.05) is 18.0 Å². The summed E-state index contributed by atoms with van der Waals surface area (Å²) in [6.07, 6.45) is 3.02. The predicted octanol–water partition coefficient (Wildman–Crippen LogP) is 2.28. The van der Waals surface area contributed by atoms with Crippen molar-refractivity contribution in [2.75, 3.05) is 5.32 Å². The molecule has 1 aliphatic rings. The number of hydrogen-bond acceptors (Lipinski definition) is 4. The fraction of sp³-hybridized carbons (Fsp3) is 0. The molecule has 5 nitrogen and oxygen atoms in total. The van der Waals surface area contributed by atoms with Gasteiger partial charge in [0.15, 0.2) is 11.6 Å². The maximum absolute atomic E-state index is 5.43. The Labute approximate surface area is 110 Å². The smallest absolute Gasteiger partial charge is 0.229 e. The monoisotopic (exact) mass is 258 g/mol. The SMILES string of the molecule is C=CN=C1N=C(c2ccnc(NC=S)c2)OC1=C. The Kier molecular flexibility index (Phi) is 3.59. The van der Waals surface area contributed by atoms with Crippen LogP contribution in [0, 0.1) is 0 Å². The number of pyridine rings is 1. The van der Waals surface area contributed by atoms with Gasteiger partial charge in [0.05, 0.1) is 5.49 Å². The van der Waals surface area contributed by atoms with Crippen LogP contribution >= 0.6 is 12.2 Å². The van der Waals surface area contributed by atoms with Crippen molar-refractivity contribution >= 4 is 35.3 Å². The number of aliphatic imine (C=N–C) groups is 2. The first-order chi connectivity index (χ1) is 8.74. The van der Waals surface area contributed by atoms with Crippen molar-refractivity contribution in [3.05, 3.63) is 49.0 Å². The van der Waals surface area contributed by atoms with E-state index in [4.69, 9.17) is 17.0 Å². The zero-order valence-corrected chi connectivity index (χ0v) is 10.3. The molecule has 0 spiro atoms. The molecule has 1 aromatic rings. The maximum atomic E-state index is 5.43. The van der Waals surface area contributed by atoms with E-state index in [0.29, 0.717) is 23.3 Å². The number of ether oxygens (including phenoxy) is 1. The third kappa shape index (κ3) is 2.49. The second-order valence-electron chi connectivity index (χ2n) is 3.27. The number of nitrogens with one attached hydrogen (secondary N) is 1. The molecule has 1 aliphatic heterocycles. The number of nitrogens with zero attached hydrogens (tertiary/aromatic N) is 3. The molecular weight excluding hydrogens is 248 g/mol. The highest BCUT2D eigenvalue weighted by molar-refractivity contribution is 7.79. The summed E-state index contributed by atoms with van der Waals surface area (Å²) >= 11 is 4.70. The maximum Gasteiger partial charge on any atom is 0.229 e. The molecule has 0 unspecified atom stereocenters. The summed E-state index contributed by atoms with van der Waals surface area (Å²) in [5, 5.41) is 2.82. The number of aromatic nitrogens is 1. The molecule has 0 saturated carbocycles. The number of anilines is 1. The summed E-state index contributed by atoms with van der Waals surface area (Å²) < 4.78 is 5.43. The highest BCUT2D eigenvalue weighted by Gasteiger charge is 2.20. The number of amidine groups is 1. The Bertz CT molecular complexity index is 577. The lowest BCUT2D eigenvalue weighted by Crippen LogP contribution is -2.02. The molecule has 2 heterocycles. The van der Waals surface area contributed by atoms with Crippen LogP contribution < -0.4 is 5.32 Å². The van der Waals surface area contributed by atoms with E-state index in [0.717, 1.165) is 5.56 Å². The van der Waals surface area contributed by atoms with Gasteiger partial charge in [0.2, 0.25) is 5.90 Å². The van der Waals surface area contributed by atoms with Crippen molar-refractivity contribution in [2.45, 2.75) is 0 Å². The normalized spacial score (nSPS) is 16.1. The minimum atomic E-state index is 0.394. The molecule has 0 bridgehead atoms. The van der Waals surface area contributed by atoms with Gasteiger partial charge in [0.1, 0.15) is 5.82 Å². The van der Waals surface area contributed by atoms with Gasteiger partial charge in [0.25, 0.3) is 0 Å². The quantitative estimate of drug-likeness (QED) is 0.842. The van der Waals surface area contributed by atoms with Crippen LogP contribution in [0.3, 0.4) is 0 Å². The molecule has 0 aliphatic carbocycles. The molecule has 0 radical (unpaired) electrons. The molecule has 0 aromatic carbocycles. The average molecular weight is 258 g/mol. The van der Waals surface area contributed by atoms with E-state index in [2.05, 4.69) is 33.4 Å². The second-order valence-corrected chi connectivity index (χ2v) is 3.51. The van der Waals surface area contributed by atoms with Crippen molar-refractivity contribution in [2.24, 2.45) is 9.98 Å². The van der Waals surface area contributed by atoms with Gasteiger partial charge in [-0.2, -0.15) is 4.99 Å². The van der Waals surface area contributed by atoms with Gasteiger partial charge in [-0.05, 0) is 12.1 Å². The highest BCUT2D eigenvalue weighted by atomic mass is 32.1.